The topological polar surface area (TPSA) is 62.8 Å². The van der Waals surface area contributed by atoms with Gasteiger partial charge in [0, 0.05) is 18.7 Å². The molecule has 1 aliphatic heterocycles. The first-order valence-corrected chi connectivity index (χ1v) is 12.2. The van der Waals surface area contributed by atoms with E-state index in [0.29, 0.717) is 19.2 Å². The molecule has 0 spiro atoms. The maximum atomic E-state index is 14.8. The van der Waals surface area contributed by atoms with Crippen LogP contribution in [-0.4, -0.2) is 47.7 Å². The number of halogens is 2. The molecule has 1 saturated heterocycles. The predicted molar refractivity (Wildman–Crippen MR) is 144 cm³/mol. The number of likely N-dealkylation sites (N-methyl/N-ethyl adjacent to an activating group) is 1. The number of hydroxylamine groups is 1. The molecule has 194 valence electrons. The summed E-state index contributed by atoms with van der Waals surface area (Å²) >= 11 is 0. The number of hydrogen-bond acceptors (Lipinski definition) is 7. The van der Waals surface area contributed by atoms with E-state index in [1.54, 1.807) is 5.06 Å². The normalized spacial score (nSPS) is 15.2. The van der Waals surface area contributed by atoms with Gasteiger partial charge >= 0.3 is 0 Å². The molecule has 3 aromatic rings. The van der Waals surface area contributed by atoms with Crippen molar-refractivity contribution in [1.29, 1.82) is 0 Å². The Balaban J connectivity index is 0.00000361. The van der Waals surface area contributed by atoms with Crippen LogP contribution in [0.15, 0.2) is 48.7 Å². The van der Waals surface area contributed by atoms with Gasteiger partial charge in [0.25, 0.3) is 0 Å². The molecule has 0 amide bonds. The van der Waals surface area contributed by atoms with Gasteiger partial charge in [-0.05, 0) is 55.8 Å². The highest BCUT2D eigenvalue weighted by Gasteiger charge is 2.31. The fourth-order valence-electron chi connectivity index (χ4n) is 4.42. The Morgan fingerprint density at radius 1 is 1.14 bits per heavy atom. The zero-order valence-electron chi connectivity index (χ0n) is 21.3. The molecule has 1 atom stereocenters. The van der Waals surface area contributed by atoms with Gasteiger partial charge in [-0.3, -0.25) is 4.84 Å². The molecule has 9 heteroatoms. The third-order valence-electron chi connectivity index (χ3n) is 6.29. The average molecular weight is 516 g/mol. The third-order valence-corrected chi connectivity index (χ3v) is 6.29. The van der Waals surface area contributed by atoms with Crippen LogP contribution in [0.5, 0.6) is 5.75 Å². The number of hydrogen-bond donors (Lipinski definition) is 1. The molecule has 1 aliphatic rings. The molecule has 0 radical (unpaired) electrons. The molecule has 1 N–H and O–H groups in total. The maximum absolute atomic E-state index is 14.8. The number of nitrogens with zero attached hydrogens (tertiary/aromatic N) is 4. The Morgan fingerprint density at radius 3 is 2.50 bits per heavy atom. The highest BCUT2D eigenvalue weighted by atomic mass is 35.5. The van der Waals surface area contributed by atoms with Crippen LogP contribution < -0.4 is 15.1 Å². The van der Waals surface area contributed by atoms with Gasteiger partial charge in [-0.1, -0.05) is 44.2 Å². The molecular formula is C27H35ClFN5O2. The minimum Gasteiger partial charge on any atom is -0.492 e. The van der Waals surface area contributed by atoms with E-state index in [4.69, 9.17) is 9.57 Å². The average Bonchev–Trinajstić information content (AvgIpc) is 3.35. The van der Waals surface area contributed by atoms with Crippen molar-refractivity contribution in [3.05, 3.63) is 71.2 Å². The highest BCUT2D eigenvalue weighted by molar-refractivity contribution is 5.85. The van der Waals surface area contributed by atoms with Crippen LogP contribution in [0.25, 0.3) is 0 Å². The maximum Gasteiger partial charge on any atom is 0.229 e. The standard InChI is InChI=1S/C27H34FN5O2.ClH/c1-5-32(6-2)13-15-34-25-19(3)16-22(17-20(25)4)30-27-29-18-23(28)26(31-27)33-24(12-14-35-33)21-10-8-7-9-11-21;/h7-11,16-18,24H,5-6,12-15H2,1-4H3,(H,29,30,31);1H/t24-;/m0./s1. The predicted octanol–water partition coefficient (Wildman–Crippen LogP) is 6.00. The number of anilines is 3. The van der Waals surface area contributed by atoms with E-state index in [1.165, 1.54) is 6.20 Å². The molecular weight excluding hydrogens is 481 g/mol. The van der Waals surface area contributed by atoms with Crippen molar-refractivity contribution in [3.63, 3.8) is 0 Å². The van der Waals surface area contributed by atoms with E-state index in [-0.39, 0.29) is 24.3 Å². The van der Waals surface area contributed by atoms with Crippen LogP contribution in [0.4, 0.5) is 21.8 Å². The summed E-state index contributed by atoms with van der Waals surface area (Å²) in [6.45, 7) is 12.4. The summed E-state index contributed by atoms with van der Waals surface area (Å²) in [6.07, 6.45) is 1.93. The van der Waals surface area contributed by atoms with E-state index in [0.717, 1.165) is 54.2 Å². The van der Waals surface area contributed by atoms with Gasteiger partial charge < -0.3 is 15.0 Å². The molecule has 1 fully saturated rings. The minimum atomic E-state index is -0.525. The minimum absolute atomic E-state index is 0. The second-order valence-corrected chi connectivity index (χ2v) is 8.68. The summed E-state index contributed by atoms with van der Waals surface area (Å²) in [6, 6.07) is 13.8. The fourth-order valence-corrected chi connectivity index (χ4v) is 4.42. The molecule has 1 aromatic heterocycles. The number of aryl methyl sites for hydroxylation is 2. The van der Waals surface area contributed by atoms with E-state index < -0.39 is 5.82 Å². The lowest BCUT2D eigenvalue weighted by Crippen LogP contribution is -2.28. The summed E-state index contributed by atoms with van der Waals surface area (Å²) in [5.41, 5.74) is 3.90. The lowest BCUT2D eigenvalue weighted by Gasteiger charge is -2.24. The van der Waals surface area contributed by atoms with Crippen LogP contribution in [0.3, 0.4) is 0 Å². The smallest absolute Gasteiger partial charge is 0.229 e. The Labute approximate surface area is 219 Å². The van der Waals surface area contributed by atoms with E-state index >= 15 is 0 Å². The summed E-state index contributed by atoms with van der Waals surface area (Å²) in [5.74, 6) is 0.790. The number of ether oxygens (including phenoxy) is 1. The van der Waals surface area contributed by atoms with E-state index in [2.05, 4.69) is 34.0 Å². The molecule has 2 aromatic carbocycles. The highest BCUT2D eigenvalue weighted by Crippen LogP contribution is 2.35. The molecule has 2 heterocycles. The Bertz CT molecular complexity index is 1110. The SMILES string of the molecule is CCN(CC)CCOc1c(C)cc(Nc2ncc(F)c(N3OCC[C@H]3c3ccccc3)n2)cc1C.Cl. The zero-order chi connectivity index (χ0) is 24.8. The Morgan fingerprint density at radius 2 is 1.83 bits per heavy atom. The van der Waals surface area contributed by atoms with Crippen LogP contribution >= 0.6 is 12.4 Å². The quantitative estimate of drug-likeness (QED) is 0.355. The monoisotopic (exact) mass is 515 g/mol. The number of rotatable bonds is 10. The summed E-state index contributed by atoms with van der Waals surface area (Å²) in [5, 5.41) is 4.77. The number of aromatic nitrogens is 2. The largest absolute Gasteiger partial charge is 0.492 e. The van der Waals surface area contributed by atoms with Crippen LogP contribution in [-0.2, 0) is 4.84 Å². The van der Waals surface area contributed by atoms with Gasteiger partial charge in [0.05, 0.1) is 18.8 Å². The molecule has 36 heavy (non-hydrogen) atoms. The third kappa shape index (κ3) is 6.43. The van der Waals surface area contributed by atoms with Gasteiger partial charge in [0.15, 0.2) is 11.6 Å². The van der Waals surface area contributed by atoms with E-state index in [1.807, 2.05) is 56.3 Å². The Kier molecular flexibility index (Phi) is 9.87. The van der Waals surface area contributed by atoms with E-state index in [9.17, 15) is 4.39 Å². The first kappa shape index (κ1) is 27.6. The molecule has 0 aliphatic carbocycles. The summed E-state index contributed by atoms with van der Waals surface area (Å²) in [4.78, 5) is 16.7. The molecule has 0 unspecified atom stereocenters. The second kappa shape index (κ2) is 12.9. The van der Waals surface area contributed by atoms with Crippen LogP contribution in [0.2, 0.25) is 0 Å². The molecule has 4 rings (SSSR count). The van der Waals surface area contributed by atoms with Gasteiger partial charge in [0.1, 0.15) is 12.4 Å². The van der Waals surface area contributed by atoms with Crippen molar-refractivity contribution in [2.45, 2.75) is 40.2 Å². The molecule has 0 saturated carbocycles. The van der Waals surface area contributed by atoms with Crippen LogP contribution in [0.1, 0.15) is 43.0 Å². The first-order chi connectivity index (χ1) is 17.0. The molecule has 0 bridgehead atoms. The van der Waals surface area contributed by atoms with Gasteiger partial charge in [-0.15, -0.1) is 12.4 Å². The van der Waals surface area contributed by atoms with Gasteiger partial charge in [0.2, 0.25) is 5.95 Å². The van der Waals surface area contributed by atoms with Crippen molar-refractivity contribution >= 4 is 29.9 Å². The second-order valence-electron chi connectivity index (χ2n) is 8.68. The number of nitrogens with one attached hydrogen (secondary N) is 1. The first-order valence-electron chi connectivity index (χ1n) is 12.2. The lowest BCUT2D eigenvalue weighted by molar-refractivity contribution is 0.154. The zero-order valence-corrected chi connectivity index (χ0v) is 22.1. The van der Waals surface area contributed by atoms with Crippen molar-refractivity contribution in [2.24, 2.45) is 0 Å². The molecule has 7 nitrogen and oxygen atoms in total. The van der Waals surface area contributed by atoms with Crippen molar-refractivity contribution in [1.82, 2.24) is 14.9 Å². The van der Waals surface area contributed by atoms with Crippen LogP contribution in [0, 0.1) is 19.7 Å². The van der Waals surface area contributed by atoms with Gasteiger partial charge in [-0.25, -0.2) is 14.4 Å². The summed E-state index contributed by atoms with van der Waals surface area (Å²) in [7, 11) is 0. The number of benzene rings is 2. The lowest BCUT2D eigenvalue weighted by atomic mass is 10.0. The fraction of sp³-hybridized carbons (Fsp3) is 0.407. The van der Waals surface area contributed by atoms with Crippen molar-refractivity contribution in [2.75, 3.05) is 43.2 Å². The van der Waals surface area contributed by atoms with Crippen molar-refractivity contribution in [3.8, 4) is 5.75 Å². The summed E-state index contributed by atoms with van der Waals surface area (Å²) < 4.78 is 20.9. The van der Waals surface area contributed by atoms with Gasteiger partial charge in [-0.2, -0.15) is 4.98 Å². The van der Waals surface area contributed by atoms with Crippen molar-refractivity contribution < 1.29 is 14.0 Å². The Hall–Kier alpha value is -2.94.